The van der Waals surface area contributed by atoms with E-state index in [0.717, 1.165) is 59.6 Å². The summed E-state index contributed by atoms with van der Waals surface area (Å²) in [6.45, 7) is 6.75. The number of aromatic amines is 1. The van der Waals surface area contributed by atoms with Gasteiger partial charge in [0.1, 0.15) is 0 Å². The van der Waals surface area contributed by atoms with Gasteiger partial charge in [-0.25, -0.2) is 0 Å². The smallest absolute Gasteiger partial charge is 0.227 e. The molecule has 1 saturated heterocycles. The lowest BCUT2D eigenvalue weighted by atomic mass is 9.94. The highest BCUT2D eigenvalue weighted by atomic mass is 16.5. The SMILES string of the molecule is Cc1ccc(CC(=O)N2CCCCC2c2[nH]ncc2-c2onc(C)c2C)cc1. The summed E-state index contributed by atoms with van der Waals surface area (Å²) in [7, 11) is 0. The maximum absolute atomic E-state index is 13.1. The molecular weight excluding hydrogens is 352 g/mol. The second kappa shape index (κ2) is 7.62. The number of hydrogen-bond donors (Lipinski definition) is 1. The predicted molar refractivity (Wildman–Crippen MR) is 107 cm³/mol. The van der Waals surface area contributed by atoms with E-state index in [1.54, 1.807) is 6.20 Å². The summed E-state index contributed by atoms with van der Waals surface area (Å²) in [5.41, 5.74) is 5.97. The van der Waals surface area contributed by atoms with Gasteiger partial charge in [-0.2, -0.15) is 5.10 Å². The Kier molecular flexibility index (Phi) is 5.03. The van der Waals surface area contributed by atoms with Gasteiger partial charge in [-0.3, -0.25) is 9.89 Å². The molecule has 1 aliphatic rings. The van der Waals surface area contributed by atoms with Crippen LogP contribution in [0.1, 0.15) is 53.4 Å². The highest BCUT2D eigenvalue weighted by molar-refractivity contribution is 5.80. The molecule has 28 heavy (non-hydrogen) atoms. The zero-order valence-corrected chi connectivity index (χ0v) is 16.7. The molecule has 146 valence electrons. The molecule has 0 saturated carbocycles. The van der Waals surface area contributed by atoms with Crippen LogP contribution in [0.4, 0.5) is 0 Å². The average molecular weight is 378 g/mol. The number of carbonyl (C=O) groups is 1. The Labute approximate surface area is 164 Å². The summed E-state index contributed by atoms with van der Waals surface area (Å²) in [4.78, 5) is 15.1. The number of benzene rings is 1. The summed E-state index contributed by atoms with van der Waals surface area (Å²) in [5, 5.41) is 11.5. The van der Waals surface area contributed by atoms with Crippen molar-refractivity contribution in [2.24, 2.45) is 0 Å². The molecule has 1 amide bonds. The van der Waals surface area contributed by atoms with E-state index in [0.29, 0.717) is 6.42 Å². The van der Waals surface area contributed by atoms with Crippen molar-refractivity contribution in [3.63, 3.8) is 0 Å². The summed E-state index contributed by atoms with van der Waals surface area (Å²) in [6.07, 6.45) is 5.23. The fourth-order valence-electron chi connectivity index (χ4n) is 3.91. The molecule has 4 rings (SSSR count). The van der Waals surface area contributed by atoms with E-state index in [9.17, 15) is 4.79 Å². The molecule has 0 bridgehead atoms. The first-order valence-electron chi connectivity index (χ1n) is 9.86. The first-order valence-corrected chi connectivity index (χ1v) is 9.86. The van der Waals surface area contributed by atoms with Crippen molar-refractivity contribution in [3.8, 4) is 11.3 Å². The van der Waals surface area contributed by atoms with Crippen LogP contribution >= 0.6 is 0 Å². The van der Waals surface area contributed by atoms with Gasteiger partial charge in [0, 0.05) is 12.1 Å². The fourth-order valence-corrected chi connectivity index (χ4v) is 3.91. The van der Waals surface area contributed by atoms with Gasteiger partial charge in [-0.15, -0.1) is 0 Å². The van der Waals surface area contributed by atoms with Crippen LogP contribution in [0.5, 0.6) is 0 Å². The Hall–Kier alpha value is -2.89. The Bertz CT molecular complexity index is 971. The van der Waals surface area contributed by atoms with Gasteiger partial charge in [-0.1, -0.05) is 35.0 Å². The minimum absolute atomic E-state index is 0.0194. The minimum Gasteiger partial charge on any atom is -0.356 e. The summed E-state index contributed by atoms with van der Waals surface area (Å²) in [6, 6.07) is 8.16. The van der Waals surface area contributed by atoms with Crippen LogP contribution in [-0.4, -0.2) is 32.7 Å². The number of piperidine rings is 1. The molecule has 0 radical (unpaired) electrons. The maximum Gasteiger partial charge on any atom is 0.227 e. The second-order valence-electron chi connectivity index (χ2n) is 7.68. The Morgan fingerprint density at radius 2 is 2.00 bits per heavy atom. The quantitative estimate of drug-likeness (QED) is 0.735. The van der Waals surface area contributed by atoms with Crippen LogP contribution < -0.4 is 0 Å². The predicted octanol–water partition coefficient (Wildman–Crippen LogP) is 4.29. The van der Waals surface area contributed by atoms with E-state index in [1.807, 2.05) is 30.9 Å². The first kappa shape index (κ1) is 18.5. The lowest BCUT2D eigenvalue weighted by molar-refractivity contribution is -0.134. The van der Waals surface area contributed by atoms with Gasteiger partial charge in [0.25, 0.3) is 0 Å². The largest absolute Gasteiger partial charge is 0.356 e. The normalized spacial score (nSPS) is 17.1. The third-order valence-electron chi connectivity index (χ3n) is 5.70. The van der Waals surface area contributed by atoms with Gasteiger partial charge >= 0.3 is 0 Å². The Balaban J connectivity index is 1.61. The molecular formula is C22H26N4O2. The molecule has 3 aromatic rings. The molecule has 6 nitrogen and oxygen atoms in total. The number of aromatic nitrogens is 3. The van der Waals surface area contributed by atoms with Crippen LogP contribution in [0.25, 0.3) is 11.3 Å². The van der Waals surface area contributed by atoms with Gasteiger partial charge < -0.3 is 9.42 Å². The number of nitrogens with zero attached hydrogens (tertiary/aromatic N) is 3. The number of carbonyl (C=O) groups excluding carboxylic acids is 1. The van der Waals surface area contributed by atoms with Crippen molar-refractivity contribution < 1.29 is 9.32 Å². The zero-order chi connectivity index (χ0) is 19.7. The van der Waals surface area contributed by atoms with Crippen LogP contribution in [0.2, 0.25) is 0 Å². The van der Waals surface area contributed by atoms with Gasteiger partial charge in [-0.05, 0) is 45.6 Å². The van der Waals surface area contributed by atoms with Crippen molar-refractivity contribution in [1.29, 1.82) is 0 Å². The summed E-state index contributed by atoms with van der Waals surface area (Å²) < 4.78 is 5.56. The monoisotopic (exact) mass is 378 g/mol. The molecule has 0 spiro atoms. The topological polar surface area (TPSA) is 75.0 Å². The summed E-state index contributed by atoms with van der Waals surface area (Å²) in [5.74, 6) is 0.886. The number of nitrogens with one attached hydrogen (secondary N) is 1. The second-order valence-corrected chi connectivity index (χ2v) is 7.68. The molecule has 1 unspecified atom stereocenters. The number of rotatable bonds is 4. The number of hydrogen-bond acceptors (Lipinski definition) is 4. The number of likely N-dealkylation sites (tertiary alicyclic amines) is 1. The van der Waals surface area contributed by atoms with Crippen LogP contribution in [0, 0.1) is 20.8 Å². The molecule has 1 fully saturated rings. The van der Waals surface area contributed by atoms with E-state index < -0.39 is 0 Å². The van der Waals surface area contributed by atoms with Crippen LogP contribution in [0.15, 0.2) is 35.0 Å². The van der Waals surface area contributed by atoms with E-state index >= 15 is 0 Å². The van der Waals surface area contributed by atoms with Crippen molar-refractivity contribution >= 4 is 5.91 Å². The van der Waals surface area contributed by atoms with Crippen molar-refractivity contribution in [3.05, 3.63) is 58.5 Å². The third-order valence-corrected chi connectivity index (χ3v) is 5.70. The van der Waals surface area contributed by atoms with E-state index in [-0.39, 0.29) is 11.9 Å². The average Bonchev–Trinajstić information content (AvgIpc) is 3.30. The number of aryl methyl sites for hydroxylation is 2. The standard InChI is InChI=1S/C22H26N4O2/c1-14-7-9-17(10-8-14)12-20(27)26-11-5-4-6-19(26)21-18(13-23-24-21)22-15(2)16(3)25-28-22/h7-10,13,19H,4-6,11-12H2,1-3H3,(H,23,24). The van der Waals surface area contributed by atoms with Crippen molar-refractivity contribution in [2.75, 3.05) is 6.54 Å². The van der Waals surface area contributed by atoms with Crippen molar-refractivity contribution in [1.82, 2.24) is 20.3 Å². The van der Waals surface area contributed by atoms with Gasteiger partial charge in [0.05, 0.1) is 35.6 Å². The lowest BCUT2D eigenvalue weighted by Crippen LogP contribution is -2.39. The fraction of sp³-hybridized carbons (Fsp3) is 0.409. The molecule has 1 atom stereocenters. The maximum atomic E-state index is 13.1. The Morgan fingerprint density at radius 3 is 2.71 bits per heavy atom. The third kappa shape index (κ3) is 3.46. The van der Waals surface area contributed by atoms with Crippen LogP contribution in [0.3, 0.4) is 0 Å². The highest BCUT2D eigenvalue weighted by Crippen LogP contribution is 2.37. The van der Waals surface area contributed by atoms with Crippen molar-refractivity contribution in [2.45, 2.75) is 52.5 Å². The molecule has 2 aromatic heterocycles. The van der Waals surface area contributed by atoms with Gasteiger partial charge in [0.2, 0.25) is 5.91 Å². The Morgan fingerprint density at radius 1 is 1.21 bits per heavy atom. The number of amides is 1. The first-order chi connectivity index (χ1) is 13.5. The molecule has 0 aliphatic carbocycles. The minimum atomic E-state index is -0.0194. The van der Waals surface area contributed by atoms with E-state index in [2.05, 4.69) is 34.4 Å². The van der Waals surface area contributed by atoms with E-state index in [1.165, 1.54) is 5.56 Å². The number of H-pyrrole nitrogens is 1. The van der Waals surface area contributed by atoms with Crippen LogP contribution in [-0.2, 0) is 11.2 Å². The summed E-state index contributed by atoms with van der Waals surface area (Å²) >= 11 is 0. The molecule has 6 heteroatoms. The molecule has 3 heterocycles. The highest BCUT2D eigenvalue weighted by Gasteiger charge is 2.32. The molecule has 1 aliphatic heterocycles. The molecule has 1 aromatic carbocycles. The zero-order valence-electron chi connectivity index (χ0n) is 16.7. The van der Waals surface area contributed by atoms with E-state index in [4.69, 9.17) is 4.52 Å². The lowest BCUT2D eigenvalue weighted by Gasteiger charge is -2.35. The molecule has 1 N–H and O–H groups in total. The van der Waals surface area contributed by atoms with Gasteiger partial charge in [0.15, 0.2) is 5.76 Å².